The molecule has 0 amide bonds. The van der Waals surface area contributed by atoms with Crippen LogP contribution in [0, 0.1) is 5.92 Å². The fraction of sp³-hybridized carbons (Fsp3) is 0.700. The summed E-state index contributed by atoms with van der Waals surface area (Å²) >= 11 is 0. The van der Waals surface area contributed by atoms with Crippen LogP contribution >= 0.6 is 0 Å². The molecule has 2 heteroatoms. The summed E-state index contributed by atoms with van der Waals surface area (Å²) in [5.74, 6) is 1.12. The van der Waals surface area contributed by atoms with Crippen molar-refractivity contribution in [3.05, 3.63) is 11.3 Å². The lowest BCUT2D eigenvalue weighted by Crippen LogP contribution is -2.31. The fourth-order valence-electron chi connectivity index (χ4n) is 1.46. The number of carbonyl (C=O) groups excluding carboxylic acids is 1. The molecule has 0 fully saturated rings. The van der Waals surface area contributed by atoms with Crippen LogP contribution in [0.15, 0.2) is 11.3 Å². The minimum Gasteiger partial charge on any atom is -0.494 e. The molecular weight excluding hydrogens is 152 g/mol. The van der Waals surface area contributed by atoms with Crippen molar-refractivity contribution in [2.45, 2.75) is 40.2 Å². The minimum absolute atomic E-state index is 0.0142. The molecule has 0 saturated heterocycles. The predicted molar refractivity (Wildman–Crippen MR) is 47.7 cm³/mol. The molecule has 0 bridgehead atoms. The molecule has 2 atom stereocenters. The predicted octanol–water partition coefficient (Wildman–Crippen LogP) is 2.29. The van der Waals surface area contributed by atoms with Crippen LogP contribution in [-0.2, 0) is 9.53 Å². The van der Waals surface area contributed by atoms with Crippen LogP contribution in [0.3, 0.4) is 0 Å². The first-order chi connectivity index (χ1) is 5.57. The maximum atomic E-state index is 11.6. The molecule has 0 aliphatic carbocycles. The molecule has 68 valence electrons. The van der Waals surface area contributed by atoms with E-state index in [2.05, 4.69) is 0 Å². The van der Waals surface area contributed by atoms with Gasteiger partial charge < -0.3 is 4.74 Å². The van der Waals surface area contributed by atoms with E-state index in [4.69, 9.17) is 4.74 Å². The molecule has 0 N–H and O–H groups in total. The number of Topliss-reactive ketones (excluding diaryl/α,β-unsaturated/α-hetero) is 1. The summed E-state index contributed by atoms with van der Waals surface area (Å²) in [6, 6.07) is 0. The van der Waals surface area contributed by atoms with Gasteiger partial charge in [-0.05, 0) is 13.8 Å². The van der Waals surface area contributed by atoms with E-state index in [1.54, 1.807) is 0 Å². The Balaban J connectivity index is 2.95. The van der Waals surface area contributed by atoms with Crippen LogP contribution in [0.25, 0.3) is 0 Å². The maximum absolute atomic E-state index is 11.6. The first kappa shape index (κ1) is 9.30. The zero-order valence-corrected chi connectivity index (χ0v) is 8.18. The highest BCUT2D eigenvalue weighted by molar-refractivity contribution is 5.97. The Kier molecular flexibility index (Phi) is 2.55. The van der Waals surface area contributed by atoms with Gasteiger partial charge in [0.05, 0.1) is 5.92 Å². The average Bonchev–Trinajstić information content (AvgIpc) is 2.08. The SMILES string of the molecule is CCC1=C(C)C(=O)[C@H](C)[C@@H](C)O1. The molecule has 0 unspecified atom stereocenters. The number of ether oxygens (including phenoxy) is 1. The van der Waals surface area contributed by atoms with E-state index in [9.17, 15) is 4.79 Å². The van der Waals surface area contributed by atoms with Gasteiger partial charge in [0.2, 0.25) is 0 Å². The molecule has 1 aliphatic heterocycles. The maximum Gasteiger partial charge on any atom is 0.168 e. The molecular formula is C10H16O2. The van der Waals surface area contributed by atoms with E-state index in [-0.39, 0.29) is 17.8 Å². The smallest absolute Gasteiger partial charge is 0.168 e. The summed E-state index contributed by atoms with van der Waals surface area (Å²) in [6.45, 7) is 7.73. The number of hydrogen-bond donors (Lipinski definition) is 0. The lowest BCUT2D eigenvalue weighted by molar-refractivity contribution is -0.124. The summed E-state index contributed by atoms with van der Waals surface area (Å²) in [7, 11) is 0. The number of allylic oxidation sites excluding steroid dienone is 2. The largest absolute Gasteiger partial charge is 0.494 e. The van der Waals surface area contributed by atoms with E-state index in [1.165, 1.54) is 0 Å². The van der Waals surface area contributed by atoms with Gasteiger partial charge in [-0.2, -0.15) is 0 Å². The van der Waals surface area contributed by atoms with Crippen LogP contribution in [0.2, 0.25) is 0 Å². The second kappa shape index (κ2) is 3.30. The van der Waals surface area contributed by atoms with E-state index in [1.807, 2.05) is 27.7 Å². The summed E-state index contributed by atoms with van der Waals surface area (Å²) < 4.78 is 5.59. The Morgan fingerprint density at radius 3 is 2.50 bits per heavy atom. The molecule has 2 nitrogen and oxygen atoms in total. The number of ketones is 1. The number of carbonyl (C=O) groups is 1. The van der Waals surface area contributed by atoms with Crippen molar-refractivity contribution in [2.75, 3.05) is 0 Å². The third kappa shape index (κ3) is 1.38. The van der Waals surface area contributed by atoms with Gasteiger partial charge in [0, 0.05) is 12.0 Å². The molecule has 1 aliphatic rings. The molecule has 0 saturated carbocycles. The Labute approximate surface area is 73.6 Å². The Morgan fingerprint density at radius 1 is 1.42 bits per heavy atom. The molecule has 1 rings (SSSR count). The standard InChI is InChI=1S/C10H16O2/c1-5-9-7(3)10(11)6(2)8(4)12-9/h6,8H,5H2,1-4H3/t6-,8-/m1/s1. The first-order valence-electron chi connectivity index (χ1n) is 4.48. The zero-order chi connectivity index (χ0) is 9.30. The van der Waals surface area contributed by atoms with E-state index in [0.29, 0.717) is 0 Å². The van der Waals surface area contributed by atoms with Gasteiger partial charge in [-0.25, -0.2) is 0 Å². The molecule has 0 aromatic heterocycles. The Hall–Kier alpha value is -0.790. The molecule has 12 heavy (non-hydrogen) atoms. The van der Waals surface area contributed by atoms with Crippen molar-refractivity contribution >= 4 is 5.78 Å². The first-order valence-corrected chi connectivity index (χ1v) is 4.48. The van der Waals surface area contributed by atoms with E-state index < -0.39 is 0 Å². The molecule has 0 aromatic rings. The van der Waals surface area contributed by atoms with Crippen LogP contribution in [-0.4, -0.2) is 11.9 Å². The second-order valence-corrected chi connectivity index (χ2v) is 3.38. The van der Waals surface area contributed by atoms with Crippen molar-refractivity contribution in [3.63, 3.8) is 0 Å². The van der Waals surface area contributed by atoms with Gasteiger partial charge in [-0.15, -0.1) is 0 Å². The highest BCUT2D eigenvalue weighted by atomic mass is 16.5. The van der Waals surface area contributed by atoms with Gasteiger partial charge in [-0.3, -0.25) is 4.79 Å². The lowest BCUT2D eigenvalue weighted by Gasteiger charge is -2.28. The summed E-state index contributed by atoms with van der Waals surface area (Å²) in [4.78, 5) is 11.6. The zero-order valence-electron chi connectivity index (χ0n) is 8.18. The summed E-state index contributed by atoms with van der Waals surface area (Å²) in [5, 5.41) is 0. The highest BCUT2D eigenvalue weighted by Gasteiger charge is 2.29. The van der Waals surface area contributed by atoms with Crippen LogP contribution in [0.5, 0.6) is 0 Å². The Bertz CT molecular complexity index is 228. The van der Waals surface area contributed by atoms with Crippen LogP contribution in [0.4, 0.5) is 0 Å². The lowest BCUT2D eigenvalue weighted by atomic mass is 9.92. The number of hydrogen-bond acceptors (Lipinski definition) is 2. The second-order valence-electron chi connectivity index (χ2n) is 3.38. The third-order valence-corrected chi connectivity index (χ3v) is 2.55. The van der Waals surface area contributed by atoms with Crippen LogP contribution in [0.1, 0.15) is 34.1 Å². The normalized spacial score (nSPS) is 30.5. The van der Waals surface area contributed by atoms with Gasteiger partial charge in [0.25, 0.3) is 0 Å². The van der Waals surface area contributed by atoms with Crippen molar-refractivity contribution in [2.24, 2.45) is 5.92 Å². The Morgan fingerprint density at radius 2 is 2.00 bits per heavy atom. The van der Waals surface area contributed by atoms with Crippen molar-refractivity contribution in [3.8, 4) is 0 Å². The van der Waals surface area contributed by atoms with Crippen molar-refractivity contribution < 1.29 is 9.53 Å². The quantitative estimate of drug-likeness (QED) is 0.600. The molecule has 0 spiro atoms. The van der Waals surface area contributed by atoms with Gasteiger partial charge in [-0.1, -0.05) is 13.8 Å². The van der Waals surface area contributed by atoms with Gasteiger partial charge >= 0.3 is 0 Å². The summed E-state index contributed by atoms with van der Waals surface area (Å²) in [5.41, 5.74) is 0.808. The monoisotopic (exact) mass is 168 g/mol. The fourth-order valence-corrected chi connectivity index (χ4v) is 1.46. The van der Waals surface area contributed by atoms with Gasteiger partial charge in [0.15, 0.2) is 5.78 Å². The average molecular weight is 168 g/mol. The topological polar surface area (TPSA) is 26.3 Å². The highest BCUT2D eigenvalue weighted by Crippen LogP contribution is 2.26. The third-order valence-electron chi connectivity index (χ3n) is 2.55. The summed E-state index contributed by atoms with van der Waals surface area (Å²) in [6.07, 6.45) is 0.852. The number of rotatable bonds is 1. The minimum atomic E-state index is 0.0142. The van der Waals surface area contributed by atoms with Crippen molar-refractivity contribution in [1.29, 1.82) is 0 Å². The van der Waals surface area contributed by atoms with Crippen molar-refractivity contribution in [1.82, 2.24) is 0 Å². The molecule has 0 radical (unpaired) electrons. The molecule has 1 heterocycles. The van der Waals surface area contributed by atoms with E-state index in [0.717, 1.165) is 17.8 Å². The van der Waals surface area contributed by atoms with E-state index >= 15 is 0 Å². The van der Waals surface area contributed by atoms with Crippen LogP contribution < -0.4 is 0 Å². The van der Waals surface area contributed by atoms with Gasteiger partial charge in [0.1, 0.15) is 11.9 Å². The molecule has 0 aromatic carbocycles.